The second kappa shape index (κ2) is 4.92. The summed E-state index contributed by atoms with van der Waals surface area (Å²) in [6, 6.07) is 9.76. The summed E-state index contributed by atoms with van der Waals surface area (Å²) in [7, 11) is 0. The van der Waals surface area contributed by atoms with Crippen molar-refractivity contribution in [1.82, 2.24) is 4.90 Å². The molecule has 0 aliphatic heterocycles. The van der Waals surface area contributed by atoms with Gasteiger partial charge in [-0.1, -0.05) is 38.1 Å². The van der Waals surface area contributed by atoms with Crippen LogP contribution >= 0.6 is 0 Å². The van der Waals surface area contributed by atoms with Gasteiger partial charge in [0, 0.05) is 12.6 Å². The SMILES string of the molecule is CCN(C1CC1)C1(CN)CCC(C)c2ccccc21. The summed E-state index contributed by atoms with van der Waals surface area (Å²) in [6.07, 6.45) is 5.18. The summed E-state index contributed by atoms with van der Waals surface area (Å²) in [4.78, 5) is 2.69. The van der Waals surface area contributed by atoms with Crippen LogP contribution in [0.25, 0.3) is 0 Å². The normalized spacial score (nSPS) is 30.4. The Kier molecular flexibility index (Phi) is 3.40. The maximum Gasteiger partial charge on any atom is 0.0589 e. The maximum absolute atomic E-state index is 6.30. The Labute approximate surface area is 117 Å². The minimum absolute atomic E-state index is 0.0962. The molecule has 0 amide bonds. The Morgan fingerprint density at radius 2 is 2.00 bits per heavy atom. The summed E-state index contributed by atoms with van der Waals surface area (Å²) >= 11 is 0. The van der Waals surface area contributed by atoms with E-state index in [9.17, 15) is 0 Å². The third-order valence-electron chi connectivity index (χ3n) is 5.20. The van der Waals surface area contributed by atoms with Crippen LogP contribution in [0, 0.1) is 0 Å². The van der Waals surface area contributed by atoms with E-state index in [1.54, 1.807) is 0 Å². The molecule has 2 aliphatic carbocycles. The minimum Gasteiger partial charge on any atom is -0.328 e. The van der Waals surface area contributed by atoms with Gasteiger partial charge < -0.3 is 5.73 Å². The molecule has 3 rings (SSSR count). The molecule has 2 unspecified atom stereocenters. The van der Waals surface area contributed by atoms with Crippen molar-refractivity contribution in [2.75, 3.05) is 13.1 Å². The fourth-order valence-electron chi connectivity index (χ4n) is 4.02. The van der Waals surface area contributed by atoms with Gasteiger partial charge in [-0.05, 0) is 49.3 Å². The van der Waals surface area contributed by atoms with Gasteiger partial charge in [-0.15, -0.1) is 0 Å². The van der Waals surface area contributed by atoms with Gasteiger partial charge in [-0.3, -0.25) is 4.90 Å². The van der Waals surface area contributed by atoms with Gasteiger partial charge in [0.15, 0.2) is 0 Å². The molecule has 1 saturated carbocycles. The van der Waals surface area contributed by atoms with E-state index in [1.165, 1.54) is 36.8 Å². The number of nitrogens with two attached hydrogens (primary N) is 1. The molecule has 1 aromatic rings. The molecular formula is C17H26N2. The van der Waals surface area contributed by atoms with Gasteiger partial charge in [-0.2, -0.15) is 0 Å². The number of hydrogen-bond acceptors (Lipinski definition) is 2. The lowest BCUT2D eigenvalue weighted by atomic mass is 9.71. The second-order valence-electron chi connectivity index (χ2n) is 6.28. The first-order valence-electron chi connectivity index (χ1n) is 7.79. The van der Waals surface area contributed by atoms with E-state index in [1.807, 2.05) is 0 Å². The predicted molar refractivity (Wildman–Crippen MR) is 80.2 cm³/mol. The molecule has 0 aromatic heterocycles. The van der Waals surface area contributed by atoms with Crippen molar-refractivity contribution in [2.45, 2.75) is 57.0 Å². The highest BCUT2D eigenvalue weighted by Crippen LogP contribution is 2.47. The van der Waals surface area contributed by atoms with Crippen LogP contribution in [0.15, 0.2) is 24.3 Å². The van der Waals surface area contributed by atoms with Crippen LogP contribution in [-0.2, 0) is 5.54 Å². The van der Waals surface area contributed by atoms with Crippen LogP contribution in [0.5, 0.6) is 0 Å². The van der Waals surface area contributed by atoms with Gasteiger partial charge in [0.25, 0.3) is 0 Å². The Hall–Kier alpha value is -0.860. The highest BCUT2D eigenvalue weighted by atomic mass is 15.3. The average molecular weight is 258 g/mol. The second-order valence-corrected chi connectivity index (χ2v) is 6.28. The lowest BCUT2D eigenvalue weighted by Gasteiger charge is -2.48. The summed E-state index contributed by atoms with van der Waals surface area (Å²) in [5.74, 6) is 0.675. The van der Waals surface area contributed by atoms with E-state index >= 15 is 0 Å². The van der Waals surface area contributed by atoms with Crippen molar-refractivity contribution in [1.29, 1.82) is 0 Å². The molecule has 0 spiro atoms. The standard InChI is InChI=1S/C17H26N2/c1-3-19(14-8-9-14)17(12-18)11-10-13(2)15-6-4-5-7-16(15)17/h4-7,13-14H,3,8-12,18H2,1-2H3. The van der Waals surface area contributed by atoms with E-state index in [0.717, 1.165) is 19.1 Å². The lowest BCUT2D eigenvalue weighted by Crippen LogP contribution is -2.54. The van der Waals surface area contributed by atoms with Crippen molar-refractivity contribution in [2.24, 2.45) is 5.73 Å². The molecule has 104 valence electrons. The van der Waals surface area contributed by atoms with Crippen LogP contribution < -0.4 is 5.73 Å². The van der Waals surface area contributed by atoms with E-state index in [2.05, 4.69) is 43.0 Å². The fourth-order valence-corrected chi connectivity index (χ4v) is 4.02. The zero-order valence-electron chi connectivity index (χ0n) is 12.2. The molecule has 1 aromatic carbocycles. The van der Waals surface area contributed by atoms with E-state index in [0.29, 0.717) is 5.92 Å². The molecule has 0 radical (unpaired) electrons. The predicted octanol–water partition coefficient (Wildman–Crippen LogP) is 3.22. The summed E-state index contributed by atoms with van der Waals surface area (Å²) in [5.41, 5.74) is 9.43. The number of likely N-dealkylation sites (N-methyl/N-ethyl adjacent to an activating group) is 1. The highest BCUT2D eigenvalue weighted by molar-refractivity contribution is 5.39. The molecule has 2 nitrogen and oxygen atoms in total. The van der Waals surface area contributed by atoms with Crippen molar-refractivity contribution >= 4 is 0 Å². The number of fused-ring (bicyclic) bond motifs is 1. The lowest BCUT2D eigenvalue weighted by molar-refractivity contribution is 0.0677. The first kappa shape index (κ1) is 13.1. The van der Waals surface area contributed by atoms with Crippen molar-refractivity contribution in [3.63, 3.8) is 0 Å². The molecule has 2 heteroatoms. The maximum atomic E-state index is 6.30. The van der Waals surface area contributed by atoms with Crippen molar-refractivity contribution < 1.29 is 0 Å². The molecule has 2 N–H and O–H groups in total. The molecule has 2 atom stereocenters. The Morgan fingerprint density at radius 3 is 2.63 bits per heavy atom. The van der Waals surface area contributed by atoms with Gasteiger partial charge in [0.05, 0.1) is 5.54 Å². The zero-order valence-corrected chi connectivity index (χ0v) is 12.2. The van der Waals surface area contributed by atoms with Crippen LogP contribution in [0.1, 0.15) is 56.6 Å². The molecule has 1 fully saturated rings. The molecule has 0 bridgehead atoms. The quantitative estimate of drug-likeness (QED) is 0.898. The Morgan fingerprint density at radius 1 is 1.26 bits per heavy atom. The van der Waals surface area contributed by atoms with Crippen LogP contribution in [0.4, 0.5) is 0 Å². The van der Waals surface area contributed by atoms with Crippen molar-refractivity contribution in [3.8, 4) is 0 Å². The smallest absolute Gasteiger partial charge is 0.0589 e. The van der Waals surface area contributed by atoms with E-state index in [-0.39, 0.29) is 5.54 Å². The van der Waals surface area contributed by atoms with E-state index in [4.69, 9.17) is 5.73 Å². The third kappa shape index (κ3) is 2.02. The van der Waals surface area contributed by atoms with Crippen LogP contribution in [0.2, 0.25) is 0 Å². The number of rotatable bonds is 4. The van der Waals surface area contributed by atoms with Crippen molar-refractivity contribution in [3.05, 3.63) is 35.4 Å². The molecular weight excluding hydrogens is 232 g/mol. The van der Waals surface area contributed by atoms with Crippen LogP contribution in [0.3, 0.4) is 0 Å². The van der Waals surface area contributed by atoms with Gasteiger partial charge in [-0.25, -0.2) is 0 Å². The number of benzene rings is 1. The zero-order chi connectivity index (χ0) is 13.5. The van der Waals surface area contributed by atoms with Gasteiger partial charge in [0.1, 0.15) is 0 Å². The minimum atomic E-state index is 0.0962. The van der Waals surface area contributed by atoms with E-state index < -0.39 is 0 Å². The molecule has 0 saturated heterocycles. The summed E-state index contributed by atoms with van der Waals surface area (Å²) < 4.78 is 0. The Bertz CT molecular complexity index is 452. The van der Waals surface area contributed by atoms with Gasteiger partial charge >= 0.3 is 0 Å². The summed E-state index contributed by atoms with van der Waals surface area (Å²) in [6.45, 7) is 6.51. The first-order chi connectivity index (χ1) is 9.23. The topological polar surface area (TPSA) is 29.3 Å². The number of hydrogen-bond donors (Lipinski definition) is 1. The molecule has 19 heavy (non-hydrogen) atoms. The molecule has 2 aliphatic rings. The van der Waals surface area contributed by atoms with Gasteiger partial charge in [0.2, 0.25) is 0 Å². The Balaban J connectivity index is 2.08. The summed E-state index contributed by atoms with van der Waals surface area (Å²) in [5, 5.41) is 0. The van der Waals surface area contributed by atoms with Crippen LogP contribution in [-0.4, -0.2) is 24.0 Å². The third-order valence-corrected chi connectivity index (χ3v) is 5.20. The number of nitrogens with zero attached hydrogens (tertiary/aromatic N) is 1. The largest absolute Gasteiger partial charge is 0.328 e. The monoisotopic (exact) mass is 258 g/mol. The first-order valence-corrected chi connectivity index (χ1v) is 7.79. The fraction of sp³-hybridized carbons (Fsp3) is 0.647. The highest BCUT2D eigenvalue weighted by Gasteiger charge is 2.46. The molecule has 0 heterocycles. The average Bonchev–Trinajstić information content (AvgIpc) is 3.27.